The summed E-state index contributed by atoms with van der Waals surface area (Å²) in [4.78, 5) is 24.9. The highest BCUT2D eigenvalue weighted by molar-refractivity contribution is 7.92. The van der Waals surface area contributed by atoms with E-state index in [4.69, 9.17) is 5.73 Å². The molecule has 132 valence electrons. The van der Waals surface area contributed by atoms with Crippen molar-refractivity contribution in [2.75, 3.05) is 16.7 Å². The Bertz CT molecular complexity index is 1070. The van der Waals surface area contributed by atoms with Gasteiger partial charge in [-0.15, -0.1) is 0 Å². The van der Waals surface area contributed by atoms with Crippen LogP contribution in [0.2, 0.25) is 0 Å². The molecule has 3 rings (SSSR count). The topological polar surface area (TPSA) is 128 Å². The molecule has 8 nitrogen and oxygen atoms in total. The van der Waals surface area contributed by atoms with Gasteiger partial charge in [0.25, 0.3) is 0 Å². The molecule has 0 fully saturated rings. The van der Waals surface area contributed by atoms with Crippen LogP contribution in [0.5, 0.6) is 0 Å². The number of hydrogen-bond donors (Lipinski definition) is 2. The number of sulfonamides is 1. The Kier molecular flexibility index (Phi) is 4.63. The molecule has 9 heteroatoms. The Balaban J connectivity index is 2.00. The molecule has 0 aliphatic rings. The minimum Gasteiger partial charge on any atom is -0.382 e. The Morgan fingerprint density at radius 3 is 2.65 bits per heavy atom. The van der Waals surface area contributed by atoms with Crippen LogP contribution >= 0.6 is 0 Å². The average Bonchev–Trinajstić information content (AvgIpc) is 2.61. The number of rotatable bonds is 5. The van der Waals surface area contributed by atoms with Crippen molar-refractivity contribution in [3.05, 3.63) is 66.2 Å². The molecule has 1 aromatic carbocycles. The van der Waals surface area contributed by atoms with E-state index >= 15 is 0 Å². The average molecular weight is 369 g/mol. The number of nitrogen functional groups attached to an aromatic ring is 1. The second-order valence-electron chi connectivity index (χ2n) is 5.51. The van der Waals surface area contributed by atoms with Crippen LogP contribution in [0.15, 0.2) is 55.0 Å². The smallest absolute Gasteiger partial charge is 0.229 e. The maximum atomic E-state index is 12.6. The summed E-state index contributed by atoms with van der Waals surface area (Å²) in [6, 6.07) is 9.85. The summed E-state index contributed by atoms with van der Waals surface area (Å²) < 4.78 is 25.2. The molecule has 26 heavy (non-hydrogen) atoms. The number of nitrogens with two attached hydrogens (primary N) is 1. The molecule has 0 aliphatic carbocycles. The molecule has 0 atom stereocenters. The first-order chi connectivity index (χ1) is 12.3. The largest absolute Gasteiger partial charge is 0.382 e. The van der Waals surface area contributed by atoms with Gasteiger partial charge < -0.3 is 5.73 Å². The first-order valence-corrected chi connectivity index (χ1v) is 9.38. The van der Waals surface area contributed by atoms with Gasteiger partial charge in [0.2, 0.25) is 15.8 Å². The number of carbonyl (C=O) groups is 1. The van der Waals surface area contributed by atoms with Gasteiger partial charge in [-0.3, -0.25) is 14.5 Å². The zero-order valence-electron chi connectivity index (χ0n) is 13.7. The van der Waals surface area contributed by atoms with Gasteiger partial charge in [-0.25, -0.2) is 18.4 Å². The minimum absolute atomic E-state index is 0.00742. The Morgan fingerprint density at radius 2 is 1.96 bits per heavy atom. The monoisotopic (exact) mass is 369 g/mol. The van der Waals surface area contributed by atoms with Crippen molar-refractivity contribution in [3.8, 4) is 11.3 Å². The molecule has 3 aromatic rings. The summed E-state index contributed by atoms with van der Waals surface area (Å²) >= 11 is 0. The normalized spacial score (nSPS) is 11.1. The highest BCUT2D eigenvalue weighted by Crippen LogP contribution is 2.23. The molecule has 0 unspecified atom stereocenters. The first-order valence-electron chi connectivity index (χ1n) is 7.49. The van der Waals surface area contributed by atoms with Crippen LogP contribution in [0.4, 0.5) is 11.5 Å². The Hall–Kier alpha value is -3.33. The van der Waals surface area contributed by atoms with Crippen molar-refractivity contribution < 1.29 is 13.2 Å². The number of ketones is 1. The van der Waals surface area contributed by atoms with E-state index < -0.39 is 15.8 Å². The number of carbonyl (C=O) groups excluding carboxylic acids is 1. The van der Waals surface area contributed by atoms with Gasteiger partial charge in [0.05, 0.1) is 18.1 Å². The van der Waals surface area contributed by atoms with E-state index in [0.717, 1.165) is 6.26 Å². The lowest BCUT2D eigenvalue weighted by atomic mass is 10.1. The van der Waals surface area contributed by atoms with Crippen LogP contribution in [-0.4, -0.2) is 35.4 Å². The second-order valence-corrected chi connectivity index (χ2v) is 7.26. The third-order valence-electron chi connectivity index (χ3n) is 3.40. The van der Waals surface area contributed by atoms with Gasteiger partial charge in [0, 0.05) is 29.2 Å². The highest BCUT2D eigenvalue weighted by Gasteiger charge is 2.17. The number of nitrogens with zero attached hydrogens (tertiary/aromatic N) is 3. The van der Waals surface area contributed by atoms with Gasteiger partial charge in [-0.05, 0) is 24.3 Å². The van der Waals surface area contributed by atoms with Gasteiger partial charge in [0.15, 0.2) is 11.5 Å². The molecule has 0 aliphatic heterocycles. The number of pyridine rings is 1. The molecular formula is C17H15N5O3S. The molecule has 0 spiro atoms. The number of benzene rings is 1. The predicted molar refractivity (Wildman–Crippen MR) is 98.0 cm³/mol. The van der Waals surface area contributed by atoms with Crippen molar-refractivity contribution in [2.24, 2.45) is 0 Å². The fourth-order valence-corrected chi connectivity index (χ4v) is 2.85. The molecule has 3 N–H and O–H groups in total. The van der Waals surface area contributed by atoms with Crippen molar-refractivity contribution in [1.82, 2.24) is 15.0 Å². The summed E-state index contributed by atoms with van der Waals surface area (Å²) in [5.74, 6) is -0.386. The lowest BCUT2D eigenvalue weighted by molar-refractivity contribution is 0.103. The summed E-state index contributed by atoms with van der Waals surface area (Å²) in [5.41, 5.74) is 7.53. The molecule has 0 radical (unpaired) electrons. The molecule has 0 saturated heterocycles. The number of nitrogens with one attached hydrogen (secondary N) is 1. The SMILES string of the molecule is CS(=O)(=O)Nc1cccc(-c2cnc(N)c(C(=O)c3cccnc3)n2)c1. The van der Waals surface area contributed by atoms with E-state index in [1.54, 1.807) is 42.6 Å². The summed E-state index contributed by atoms with van der Waals surface area (Å²) in [7, 11) is -3.41. The van der Waals surface area contributed by atoms with Crippen molar-refractivity contribution in [2.45, 2.75) is 0 Å². The maximum absolute atomic E-state index is 12.6. The van der Waals surface area contributed by atoms with E-state index in [0.29, 0.717) is 22.5 Å². The van der Waals surface area contributed by atoms with Gasteiger partial charge in [-0.1, -0.05) is 12.1 Å². The van der Waals surface area contributed by atoms with Gasteiger partial charge in [0.1, 0.15) is 0 Å². The molecule has 2 heterocycles. The number of hydrogen-bond acceptors (Lipinski definition) is 7. The minimum atomic E-state index is -3.41. The summed E-state index contributed by atoms with van der Waals surface area (Å²) in [6.45, 7) is 0. The zero-order chi connectivity index (χ0) is 18.7. The van der Waals surface area contributed by atoms with E-state index in [9.17, 15) is 13.2 Å². The molecule has 0 amide bonds. The van der Waals surface area contributed by atoms with Crippen LogP contribution in [0.3, 0.4) is 0 Å². The zero-order valence-corrected chi connectivity index (χ0v) is 14.6. The maximum Gasteiger partial charge on any atom is 0.229 e. The second kappa shape index (κ2) is 6.89. The molecule has 0 bridgehead atoms. The van der Waals surface area contributed by atoms with E-state index in [-0.39, 0.29) is 11.5 Å². The first kappa shape index (κ1) is 17.5. The van der Waals surface area contributed by atoms with Crippen LogP contribution in [0, 0.1) is 0 Å². The van der Waals surface area contributed by atoms with Crippen LogP contribution in [0.1, 0.15) is 16.1 Å². The number of aromatic nitrogens is 3. The third kappa shape index (κ3) is 4.01. The summed E-state index contributed by atoms with van der Waals surface area (Å²) in [6.07, 6.45) is 5.47. The van der Waals surface area contributed by atoms with Crippen LogP contribution in [0.25, 0.3) is 11.3 Å². The van der Waals surface area contributed by atoms with E-state index in [1.165, 1.54) is 12.4 Å². The predicted octanol–water partition coefficient (Wildman–Crippen LogP) is 1.72. The van der Waals surface area contributed by atoms with Crippen LogP contribution in [-0.2, 0) is 10.0 Å². The quantitative estimate of drug-likeness (QED) is 0.655. The Morgan fingerprint density at radius 1 is 1.15 bits per heavy atom. The number of anilines is 2. The highest BCUT2D eigenvalue weighted by atomic mass is 32.2. The standard InChI is InChI=1S/C17H15N5O3S/c1-26(24,25)22-13-6-2-4-11(8-13)14-10-20-17(18)15(21-14)16(23)12-5-3-7-19-9-12/h2-10,22H,1H3,(H2,18,20). The lowest BCUT2D eigenvalue weighted by Gasteiger charge is -2.08. The fraction of sp³-hybridized carbons (Fsp3) is 0.0588. The molecule has 0 saturated carbocycles. The van der Waals surface area contributed by atoms with Crippen molar-refractivity contribution in [1.29, 1.82) is 0 Å². The van der Waals surface area contributed by atoms with Crippen molar-refractivity contribution >= 4 is 27.3 Å². The Labute approximate surface area is 150 Å². The third-order valence-corrected chi connectivity index (χ3v) is 4.01. The fourth-order valence-electron chi connectivity index (χ4n) is 2.29. The van der Waals surface area contributed by atoms with Crippen LogP contribution < -0.4 is 10.5 Å². The molecular weight excluding hydrogens is 354 g/mol. The van der Waals surface area contributed by atoms with Crippen molar-refractivity contribution in [3.63, 3.8) is 0 Å². The molecule has 2 aromatic heterocycles. The van der Waals surface area contributed by atoms with E-state index in [1.807, 2.05) is 0 Å². The lowest BCUT2D eigenvalue weighted by Crippen LogP contribution is -2.11. The summed E-state index contributed by atoms with van der Waals surface area (Å²) in [5, 5.41) is 0. The van der Waals surface area contributed by atoms with E-state index in [2.05, 4.69) is 19.7 Å². The van der Waals surface area contributed by atoms with Gasteiger partial charge >= 0.3 is 0 Å². The van der Waals surface area contributed by atoms with Gasteiger partial charge in [-0.2, -0.15) is 0 Å².